The van der Waals surface area contributed by atoms with Gasteiger partial charge in [-0.15, -0.1) is 0 Å². The third kappa shape index (κ3) is 3.93. The normalized spacial score (nSPS) is 17.3. The first-order chi connectivity index (χ1) is 13.3. The molecule has 148 valence electrons. The number of benzene rings is 2. The van der Waals surface area contributed by atoms with Crippen LogP contribution < -0.4 is 10.1 Å². The Hall–Kier alpha value is -2.71. The zero-order valence-electron chi connectivity index (χ0n) is 15.7. The van der Waals surface area contributed by atoms with Crippen molar-refractivity contribution in [3.05, 3.63) is 54.1 Å². The minimum atomic E-state index is -3.83. The minimum absolute atomic E-state index is 0.108. The van der Waals surface area contributed by atoms with Gasteiger partial charge in [0.2, 0.25) is 15.9 Å². The molecule has 1 aliphatic heterocycles. The number of ketones is 1. The molecule has 8 heteroatoms. The molecule has 1 saturated heterocycles. The number of Topliss-reactive ketones (excluding diaryl/α,β-unsaturated/α-hetero) is 1. The third-order valence-electron chi connectivity index (χ3n) is 4.74. The van der Waals surface area contributed by atoms with Crippen molar-refractivity contribution in [2.75, 3.05) is 19.0 Å². The van der Waals surface area contributed by atoms with Crippen LogP contribution in [0.15, 0.2) is 53.4 Å². The van der Waals surface area contributed by atoms with Crippen LogP contribution in [-0.4, -0.2) is 44.1 Å². The summed E-state index contributed by atoms with van der Waals surface area (Å²) >= 11 is 0. The summed E-state index contributed by atoms with van der Waals surface area (Å²) in [6.45, 7) is 1.68. The molecule has 2 aromatic carbocycles. The number of nitrogens with one attached hydrogen (secondary N) is 1. The molecule has 3 rings (SSSR count). The highest BCUT2D eigenvalue weighted by atomic mass is 32.2. The van der Waals surface area contributed by atoms with Crippen LogP contribution in [0.3, 0.4) is 0 Å². The van der Waals surface area contributed by atoms with Crippen molar-refractivity contribution in [3.63, 3.8) is 0 Å². The van der Waals surface area contributed by atoms with Gasteiger partial charge in [-0.3, -0.25) is 9.59 Å². The average molecular weight is 402 g/mol. The van der Waals surface area contributed by atoms with E-state index in [1.54, 1.807) is 36.4 Å². The maximum Gasteiger partial charge on any atom is 0.243 e. The van der Waals surface area contributed by atoms with Gasteiger partial charge >= 0.3 is 0 Å². The largest absolute Gasteiger partial charge is 0.497 e. The number of sulfonamides is 1. The van der Waals surface area contributed by atoms with E-state index in [0.29, 0.717) is 29.8 Å². The van der Waals surface area contributed by atoms with Gasteiger partial charge in [-0.1, -0.05) is 12.1 Å². The van der Waals surface area contributed by atoms with Crippen LogP contribution >= 0.6 is 0 Å². The number of hydrogen-bond acceptors (Lipinski definition) is 5. The van der Waals surface area contributed by atoms with E-state index in [1.807, 2.05) is 0 Å². The minimum Gasteiger partial charge on any atom is -0.497 e. The summed E-state index contributed by atoms with van der Waals surface area (Å²) in [7, 11) is -2.32. The summed E-state index contributed by atoms with van der Waals surface area (Å²) in [4.78, 5) is 24.7. The number of hydrogen-bond donors (Lipinski definition) is 1. The van der Waals surface area contributed by atoms with Crippen LogP contribution in [-0.2, 0) is 14.8 Å². The number of ether oxygens (including phenoxy) is 1. The molecular formula is C20H22N2O5S. The van der Waals surface area contributed by atoms with Crippen LogP contribution in [0.2, 0.25) is 0 Å². The topological polar surface area (TPSA) is 92.8 Å². The van der Waals surface area contributed by atoms with E-state index in [9.17, 15) is 18.0 Å². The number of carbonyl (C=O) groups is 2. The van der Waals surface area contributed by atoms with Gasteiger partial charge in [0.25, 0.3) is 0 Å². The molecule has 0 saturated carbocycles. The maximum absolute atomic E-state index is 13.0. The number of para-hydroxylation sites is 1. The molecule has 0 aromatic heterocycles. The first-order valence-corrected chi connectivity index (χ1v) is 10.4. The molecule has 1 atom stereocenters. The molecule has 1 N–H and O–H groups in total. The Bertz CT molecular complexity index is 986. The summed E-state index contributed by atoms with van der Waals surface area (Å²) in [5.74, 6) is -0.0659. The van der Waals surface area contributed by atoms with Gasteiger partial charge in [0.1, 0.15) is 11.8 Å². The van der Waals surface area contributed by atoms with Crippen molar-refractivity contribution in [1.82, 2.24) is 4.31 Å². The highest BCUT2D eigenvalue weighted by molar-refractivity contribution is 7.89. The van der Waals surface area contributed by atoms with Crippen molar-refractivity contribution in [3.8, 4) is 5.75 Å². The van der Waals surface area contributed by atoms with E-state index in [4.69, 9.17) is 4.74 Å². The Labute approximate surface area is 164 Å². The van der Waals surface area contributed by atoms with E-state index >= 15 is 0 Å². The monoisotopic (exact) mass is 402 g/mol. The van der Waals surface area contributed by atoms with E-state index in [-0.39, 0.29) is 17.2 Å². The Morgan fingerprint density at radius 1 is 1.11 bits per heavy atom. The first kappa shape index (κ1) is 20.0. The van der Waals surface area contributed by atoms with Crippen molar-refractivity contribution in [2.24, 2.45) is 0 Å². The Morgan fingerprint density at radius 3 is 2.43 bits per heavy atom. The Balaban J connectivity index is 1.84. The zero-order valence-corrected chi connectivity index (χ0v) is 16.5. The van der Waals surface area contributed by atoms with Crippen molar-refractivity contribution in [2.45, 2.75) is 30.7 Å². The molecule has 0 aliphatic carbocycles. The molecule has 0 radical (unpaired) electrons. The Morgan fingerprint density at radius 2 is 1.79 bits per heavy atom. The van der Waals surface area contributed by atoms with Crippen LogP contribution in [0.25, 0.3) is 0 Å². The average Bonchev–Trinajstić information content (AvgIpc) is 3.19. The standard InChI is InChI=1S/C20H22N2O5S/c1-14(23)17-6-3-4-7-18(17)21-20(24)19-8-5-13-22(19)28(25,26)16-11-9-15(27-2)10-12-16/h3-4,6-7,9-12,19H,5,8,13H2,1-2H3,(H,21,24)/t19-/m0/s1. The summed E-state index contributed by atoms with van der Waals surface area (Å²) in [5, 5.41) is 2.72. The number of methoxy groups -OCH3 is 1. The number of anilines is 1. The first-order valence-electron chi connectivity index (χ1n) is 8.91. The van der Waals surface area contributed by atoms with Gasteiger partial charge in [0.05, 0.1) is 17.7 Å². The second-order valence-corrected chi connectivity index (χ2v) is 8.43. The Kier molecular flexibility index (Phi) is 5.81. The lowest BCUT2D eigenvalue weighted by atomic mass is 10.1. The molecule has 2 aromatic rings. The summed E-state index contributed by atoms with van der Waals surface area (Å²) in [6, 6.07) is 11.9. The lowest BCUT2D eigenvalue weighted by Crippen LogP contribution is -2.43. The van der Waals surface area contributed by atoms with Crippen LogP contribution in [0.5, 0.6) is 5.75 Å². The molecule has 1 fully saturated rings. The quantitative estimate of drug-likeness (QED) is 0.750. The lowest BCUT2D eigenvalue weighted by Gasteiger charge is -2.24. The number of carbonyl (C=O) groups excluding carboxylic acids is 2. The van der Waals surface area contributed by atoms with Crippen molar-refractivity contribution >= 4 is 27.4 Å². The summed E-state index contributed by atoms with van der Waals surface area (Å²) in [5.41, 5.74) is 0.770. The highest BCUT2D eigenvalue weighted by Crippen LogP contribution is 2.28. The van der Waals surface area contributed by atoms with E-state index in [2.05, 4.69) is 5.32 Å². The molecule has 1 amide bonds. The third-order valence-corrected chi connectivity index (χ3v) is 6.66. The van der Waals surface area contributed by atoms with Gasteiger partial charge in [-0.2, -0.15) is 4.31 Å². The van der Waals surface area contributed by atoms with E-state index in [0.717, 1.165) is 0 Å². The summed E-state index contributed by atoms with van der Waals surface area (Å²) in [6.07, 6.45) is 1.01. The molecule has 0 spiro atoms. The molecule has 0 bridgehead atoms. The van der Waals surface area contributed by atoms with Gasteiger partial charge < -0.3 is 10.1 Å². The maximum atomic E-state index is 13.0. The second-order valence-electron chi connectivity index (χ2n) is 6.54. The van der Waals surface area contributed by atoms with Crippen molar-refractivity contribution in [1.29, 1.82) is 0 Å². The van der Waals surface area contributed by atoms with E-state index < -0.39 is 22.0 Å². The SMILES string of the molecule is COc1ccc(S(=O)(=O)N2CCC[C@H]2C(=O)Nc2ccccc2C(C)=O)cc1. The fraction of sp³-hybridized carbons (Fsp3) is 0.300. The molecule has 0 unspecified atom stereocenters. The van der Waals surface area contributed by atoms with Gasteiger partial charge in [-0.25, -0.2) is 8.42 Å². The van der Waals surface area contributed by atoms with Crippen LogP contribution in [0, 0.1) is 0 Å². The van der Waals surface area contributed by atoms with E-state index in [1.165, 1.54) is 30.5 Å². The molecule has 1 aliphatic rings. The van der Waals surface area contributed by atoms with Gasteiger partial charge in [-0.05, 0) is 56.2 Å². The fourth-order valence-corrected chi connectivity index (χ4v) is 4.94. The predicted molar refractivity (Wildman–Crippen MR) is 105 cm³/mol. The van der Waals surface area contributed by atoms with Crippen molar-refractivity contribution < 1.29 is 22.7 Å². The number of amides is 1. The number of nitrogens with zero attached hydrogens (tertiary/aromatic N) is 1. The second kappa shape index (κ2) is 8.12. The molecular weight excluding hydrogens is 380 g/mol. The van der Waals surface area contributed by atoms with Crippen LogP contribution in [0.1, 0.15) is 30.1 Å². The number of rotatable bonds is 6. The summed E-state index contributed by atoms with van der Waals surface area (Å²) < 4.78 is 32.3. The van der Waals surface area contributed by atoms with Crippen LogP contribution in [0.4, 0.5) is 5.69 Å². The predicted octanol–water partition coefficient (Wildman–Crippen LogP) is 2.69. The molecule has 7 nitrogen and oxygen atoms in total. The highest BCUT2D eigenvalue weighted by Gasteiger charge is 2.39. The fourth-order valence-electron chi connectivity index (χ4n) is 3.29. The molecule has 1 heterocycles. The smallest absolute Gasteiger partial charge is 0.243 e. The zero-order chi connectivity index (χ0) is 20.3. The van der Waals surface area contributed by atoms with Gasteiger partial charge in [0.15, 0.2) is 5.78 Å². The molecule has 28 heavy (non-hydrogen) atoms. The van der Waals surface area contributed by atoms with Gasteiger partial charge in [0, 0.05) is 12.1 Å². The lowest BCUT2D eigenvalue weighted by molar-refractivity contribution is -0.119.